The third-order valence-electron chi connectivity index (χ3n) is 3.41. The standard InChI is InChI=1S/C18H21FN2O4/c1-24-11-10-13(12-22)20-18(23)21-17-15(19)8-5-9-16(17)25-14-6-3-2-4-7-14/h2-9,13,22H,10-12H2,1H3,(H2,20,21,23)/t13-/m0/s1. The second-order valence-corrected chi connectivity index (χ2v) is 5.29. The van der Waals surface area contributed by atoms with Crippen LogP contribution in [0.5, 0.6) is 11.5 Å². The molecule has 0 aliphatic carbocycles. The predicted molar refractivity (Wildman–Crippen MR) is 92.4 cm³/mol. The van der Waals surface area contributed by atoms with Crippen molar-refractivity contribution in [1.82, 2.24) is 5.32 Å². The Labute approximate surface area is 145 Å². The maximum absolute atomic E-state index is 14.1. The Bertz CT molecular complexity index is 682. The SMILES string of the molecule is COCC[C@@H](CO)NC(=O)Nc1c(F)cccc1Oc1ccccc1. The van der Waals surface area contributed by atoms with E-state index >= 15 is 0 Å². The van der Waals surface area contributed by atoms with Gasteiger partial charge in [-0.3, -0.25) is 0 Å². The number of aliphatic hydroxyl groups is 1. The van der Waals surface area contributed by atoms with Crippen LogP contribution in [0.3, 0.4) is 0 Å². The van der Waals surface area contributed by atoms with Crippen LogP contribution in [0, 0.1) is 5.82 Å². The quantitative estimate of drug-likeness (QED) is 0.685. The first-order valence-corrected chi connectivity index (χ1v) is 7.82. The summed E-state index contributed by atoms with van der Waals surface area (Å²) in [5.74, 6) is 0.0738. The number of aliphatic hydroxyl groups excluding tert-OH is 1. The molecule has 2 rings (SSSR count). The lowest BCUT2D eigenvalue weighted by molar-refractivity contribution is 0.161. The maximum Gasteiger partial charge on any atom is 0.319 e. The van der Waals surface area contributed by atoms with Crippen LogP contribution in [0.25, 0.3) is 0 Å². The van der Waals surface area contributed by atoms with Gasteiger partial charge < -0.3 is 25.2 Å². The first kappa shape index (κ1) is 18.7. The van der Waals surface area contributed by atoms with Crippen LogP contribution in [-0.4, -0.2) is 37.5 Å². The number of ether oxygens (including phenoxy) is 2. The smallest absolute Gasteiger partial charge is 0.319 e. The zero-order valence-corrected chi connectivity index (χ0v) is 13.9. The number of nitrogens with one attached hydrogen (secondary N) is 2. The average molecular weight is 348 g/mol. The molecule has 0 fully saturated rings. The monoisotopic (exact) mass is 348 g/mol. The van der Waals surface area contributed by atoms with Gasteiger partial charge in [0.25, 0.3) is 0 Å². The number of urea groups is 1. The van der Waals surface area contributed by atoms with Crippen molar-refractivity contribution in [3.63, 3.8) is 0 Å². The first-order chi connectivity index (χ1) is 12.1. The number of hydrogen-bond donors (Lipinski definition) is 3. The zero-order chi connectivity index (χ0) is 18.1. The van der Waals surface area contributed by atoms with E-state index < -0.39 is 17.9 Å². The number of para-hydroxylation sites is 2. The summed E-state index contributed by atoms with van der Waals surface area (Å²) in [4.78, 5) is 12.1. The lowest BCUT2D eigenvalue weighted by Crippen LogP contribution is -2.41. The van der Waals surface area contributed by atoms with Crippen molar-refractivity contribution < 1.29 is 23.8 Å². The average Bonchev–Trinajstić information content (AvgIpc) is 2.62. The van der Waals surface area contributed by atoms with Gasteiger partial charge >= 0.3 is 6.03 Å². The van der Waals surface area contributed by atoms with Gasteiger partial charge in [0.15, 0.2) is 11.6 Å². The van der Waals surface area contributed by atoms with Gasteiger partial charge in [-0.25, -0.2) is 9.18 Å². The molecule has 7 heteroatoms. The number of hydrogen-bond acceptors (Lipinski definition) is 4. The van der Waals surface area contributed by atoms with Crippen LogP contribution in [0.15, 0.2) is 48.5 Å². The summed E-state index contributed by atoms with van der Waals surface area (Å²) in [6, 6.07) is 12.0. The second kappa shape index (κ2) is 9.61. The molecular weight excluding hydrogens is 327 g/mol. The van der Waals surface area contributed by atoms with Gasteiger partial charge in [-0.2, -0.15) is 0 Å². The summed E-state index contributed by atoms with van der Waals surface area (Å²) >= 11 is 0. The highest BCUT2D eigenvalue weighted by Gasteiger charge is 2.16. The van der Waals surface area contributed by atoms with Gasteiger partial charge in [0, 0.05) is 13.7 Å². The minimum absolute atomic E-state index is 0.0766. The molecule has 0 radical (unpaired) electrons. The fraction of sp³-hybridized carbons (Fsp3) is 0.278. The summed E-state index contributed by atoms with van der Waals surface area (Å²) in [6.07, 6.45) is 0.436. The number of carbonyl (C=O) groups excluding carboxylic acids is 1. The van der Waals surface area contributed by atoms with Crippen molar-refractivity contribution in [3.05, 3.63) is 54.3 Å². The van der Waals surface area contributed by atoms with Gasteiger partial charge in [-0.1, -0.05) is 24.3 Å². The summed E-state index contributed by atoms with van der Waals surface area (Å²) in [5.41, 5.74) is -0.0766. The van der Waals surface area contributed by atoms with E-state index in [9.17, 15) is 14.3 Å². The van der Waals surface area contributed by atoms with Crippen LogP contribution < -0.4 is 15.4 Å². The minimum atomic E-state index is -0.641. The molecule has 25 heavy (non-hydrogen) atoms. The highest BCUT2D eigenvalue weighted by Crippen LogP contribution is 2.31. The fourth-order valence-electron chi connectivity index (χ4n) is 2.13. The Morgan fingerprint density at radius 3 is 2.64 bits per heavy atom. The van der Waals surface area contributed by atoms with Gasteiger partial charge in [-0.15, -0.1) is 0 Å². The normalized spacial score (nSPS) is 11.6. The molecule has 2 aromatic carbocycles. The second-order valence-electron chi connectivity index (χ2n) is 5.29. The van der Waals surface area contributed by atoms with Gasteiger partial charge in [-0.05, 0) is 30.7 Å². The molecule has 0 bridgehead atoms. The summed E-state index contributed by atoms with van der Waals surface area (Å²) in [7, 11) is 1.53. The fourth-order valence-corrected chi connectivity index (χ4v) is 2.13. The number of amides is 2. The van der Waals surface area contributed by atoms with E-state index in [4.69, 9.17) is 9.47 Å². The Kier molecular flexibility index (Phi) is 7.18. The van der Waals surface area contributed by atoms with E-state index in [-0.39, 0.29) is 18.0 Å². The van der Waals surface area contributed by atoms with Crippen molar-refractivity contribution in [2.75, 3.05) is 25.6 Å². The van der Waals surface area contributed by atoms with Crippen molar-refractivity contribution in [2.45, 2.75) is 12.5 Å². The number of carbonyl (C=O) groups is 1. The largest absolute Gasteiger partial charge is 0.455 e. The zero-order valence-electron chi connectivity index (χ0n) is 13.9. The lowest BCUT2D eigenvalue weighted by Gasteiger charge is -2.18. The maximum atomic E-state index is 14.1. The van der Waals surface area contributed by atoms with Gasteiger partial charge in [0.1, 0.15) is 11.4 Å². The molecule has 3 N–H and O–H groups in total. The molecule has 1 atom stereocenters. The number of methoxy groups -OCH3 is 1. The van der Waals surface area contributed by atoms with Crippen LogP contribution in [0.1, 0.15) is 6.42 Å². The van der Waals surface area contributed by atoms with E-state index in [1.165, 1.54) is 19.2 Å². The summed E-state index contributed by atoms with van der Waals surface area (Å²) < 4.78 is 24.7. The van der Waals surface area contributed by atoms with Gasteiger partial charge in [0.05, 0.1) is 12.6 Å². The lowest BCUT2D eigenvalue weighted by atomic mass is 10.2. The van der Waals surface area contributed by atoms with Crippen molar-refractivity contribution in [1.29, 1.82) is 0 Å². The van der Waals surface area contributed by atoms with Gasteiger partial charge in [0.2, 0.25) is 0 Å². The predicted octanol–water partition coefficient (Wildman–Crippen LogP) is 3.14. The Morgan fingerprint density at radius 1 is 1.20 bits per heavy atom. The van der Waals surface area contributed by atoms with E-state index in [0.717, 1.165) is 0 Å². The van der Waals surface area contributed by atoms with Crippen LogP contribution in [0.2, 0.25) is 0 Å². The van der Waals surface area contributed by atoms with E-state index in [1.807, 2.05) is 6.07 Å². The molecule has 0 unspecified atom stereocenters. The topological polar surface area (TPSA) is 79.8 Å². The van der Waals surface area contributed by atoms with E-state index in [0.29, 0.717) is 18.8 Å². The molecule has 0 saturated heterocycles. The van der Waals surface area contributed by atoms with Crippen molar-refractivity contribution in [2.24, 2.45) is 0 Å². The number of anilines is 1. The van der Waals surface area contributed by atoms with E-state index in [1.54, 1.807) is 30.3 Å². The Morgan fingerprint density at radius 2 is 1.96 bits per heavy atom. The summed E-state index contributed by atoms with van der Waals surface area (Å²) in [5, 5.41) is 14.3. The van der Waals surface area contributed by atoms with Crippen molar-refractivity contribution in [3.8, 4) is 11.5 Å². The summed E-state index contributed by atoms with van der Waals surface area (Å²) in [6.45, 7) is 0.134. The molecular formula is C18H21FN2O4. The minimum Gasteiger partial charge on any atom is -0.455 e. The van der Waals surface area contributed by atoms with Crippen LogP contribution in [0.4, 0.5) is 14.9 Å². The van der Waals surface area contributed by atoms with Crippen LogP contribution in [-0.2, 0) is 4.74 Å². The molecule has 6 nitrogen and oxygen atoms in total. The third kappa shape index (κ3) is 5.74. The third-order valence-corrected chi connectivity index (χ3v) is 3.41. The molecule has 0 heterocycles. The molecule has 0 saturated carbocycles. The highest BCUT2D eigenvalue weighted by molar-refractivity contribution is 5.91. The molecule has 0 aliphatic heterocycles. The number of benzene rings is 2. The highest BCUT2D eigenvalue weighted by atomic mass is 19.1. The Hall–Kier alpha value is -2.64. The van der Waals surface area contributed by atoms with Crippen LogP contribution >= 0.6 is 0 Å². The molecule has 0 aliphatic rings. The first-order valence-electron chi connectivity index (χ1n) is 7.82. The molecule has 2 amide bonds. The number of halogens is 1. The Balaban J connectivity index is 2.09. The molecule has 0 spiro atoms. The molecule has 0 aromatic heterocycles. The molecule has 2 aromatic rings. The van der Waals surface area contributed by atoms with E-state index in [2.05, 4.69) is 10.6 Å². The number of rotatable bonds is 8. The van der Waals surface area contributed by atoms with Crippen molar-refractivity contribution >= 4 is 11.7 Å². The molecule has 134 valence electrons.